The smallest absolute Gasteiger partial charge is 0.222 e. The van der Waals surface area contributed by atoms with E-state index < -0.39 is 0 Å². The number of hydrogen-bond acceptors (Lipinski definition) is 4. The van der Waals surface area contributed by atoms with Gasteiger partial charge in [0.1, 0.15) is 0 Å². The van der Waals surface area contributed by atoms with Gasteiger partial charge in [0.05, 0.1) is 0 Å². The third-order valence-corrected chi connectivity index (χ3v) is 5.88. The highest BCUT2D eigenvalue weighted by atomic mass is 32.1. The molecule has 0 N–H and O–H groups in total. The van der Waals surface area contributed by atoms with Crippen molar-refractivity contribution in [1.29, 1.82) is 0 Å². The number of rotatable bonds is 5. The summed E-state index contributed by atoms with van der Waals surface area (Å²) in [6.45, 7) is 3.54. The molecule has 0 atom stereocenters. The molecule has 122 valence electrons. The molecule has 1 saturated heterocycles. The number of hydrogen-bond donors (Lipinski definition) is 0. The lowest BCUT2D eigenvalue weighted by atomic mass is 9.86. The minimum atomic E-state index is 0.356. The third-order valence-electron chi connectivity index (χ3n) is 5.05. The van der Waals surface area contributed by atoms with Crippen molar-refractivity contribution in [2.75, 3.05) is 31.1 Å². The number of carbonyl (C=O) groups excluding carboxylic acids is 1. The van der Waals surface area contributed by atoms with Crippen LogP contribution in [0.2, 0.25) is 0 Å². The number of anilines is 1. The molecule has 3 rings (SSSR count). The van der Waals surface area contributed by atoms with Crippen LogP contribution >= 0.6 is 11.3 Å². The molecule has 4 nitrogen and oxygen atoms in total. The first kappa shape index (κ1) is 15.8. The van der Waals surface area contributed by atoms with Gasteiger partial charge in [0.25, 0.3) is 0 Å². The molecule has 0 unspecified atom stereocenters. The van der Waals surface area contributed by atoms with Crippen LogP contribution in [-0.4, -0.2) is 42.0 Å². The van der Waals surface area contributed by atoms with Crippen LogP contribution in [0, 0.1) is 5.92 Å². The van der Waals surface area contributed by atoms with Gasteiger partial charge in [-0.2, -0.15) is 0 Å². The number of amides is 1. The molecule has 0 radical (unpaired) electrons. The highest BCUT2D eigenvalue weighted by Crippen LogP contribution is 2.28. The molecule has 0 bridgehead atoms. The van der Waals surface area contributed by atoms with E-state index in [0.29, 0.717) is 5.91 Å². The zero-order chi connectivity index (χ0) is 15.2. The zero-order valence-electron chi connectivity index (χ0n) is 13.4. The van der Waals surface area contributed by atoms with Gasteiger partial charge in [-0.3, -0.25) is 4.79 Å². The first-order valence-electron chi connectivity index (χ1n) is 8.75. The largest absolute Gasteiger partial charge is 0.345 e. The van der Waals surface area contributed by atoms with Gasteiger partial charge < -0.3 is 9.80 Å². The van der Waals surface area contributed by atoms with Crippen molar-refractivity contribution in [3.63, 3.8) is 0 Å². The Hall–Kier alpha value is -1.10. The highest BCUT2D eigenvalue weighted by molar-refractivity contribution is 7.13. The van der Waals surface area contributed by atoms with Crippen LogP contribution in [0.4, 0.5) is 5.13 Å². The van der Waals surface area contributed by atoms with E-state index in [1.54, 1.807) is 11.3 Å². The van der Waals surface area contributed by atoms with Crippen molar-refractivity contribution in [2.24, 2.45) is 5.92 Å². The second-order valence-corrected chi connectivity index (χ2v) is 7.45. The van der Waals surface area contributed by atoms with E-state index in [1.165, 1.54) is 38.5 Å². The maximum Gasteiger partial charge on any atom is 0.222 e. The molecular weight excluding hydrogens is 294 g/mol. The van der Waals surface area contributed by atoms with Crippen LogP contribution in [0.5, 0.6) is 0 Å². The molecule has 0 aromatic carbocycles. The molecule has 5 heteroatoms. The average molecular weight is 321 g/mol. The third kappa shape index (κ3) is 4.22. The summed E-state index contributed by atoms with van der Waals surface area (Å²) in [5.41, 5.74) is 0. The lowest BCUT2D eigenvalue weighted by molar-refractivity contribution is -0.131. The van der Waals surface area contributed by atoms with Crippen molar-refractivity contribution < 1.29 is 4.79 Å². The summed E-state index contributed by atoms with van der Waals surface area (Å²) in [6, 6.07) is 0. The van der Waals surface area contributed by atoms with E-state index in [2.05, 4.69) is 9.88 Å². The SMILES string of the molecule is O=C(CCCC1CCCCC1)N1CCN(c2nccs2)CC1. The van der Waals surface area contributed by atoms with Gasteiger partial charge in [0.2, 0.25) is 5.91 Å². The van der Waals surface area contributed by atoms with Crippen molar-refractivity contribution in [3.05, 3.63) is 11.6 Å². The molecular formula is C17H27N3OS. The van der Waals surface area contributed by atoms with Gasteiger partial charge in [0.15, 0.2) is 5.13 Å². The van der Waals surface area contributed by atoms with Gasteiger partial charge >= 0.3 is 0 Å². The van der Waals surface area contributed by atoms with Crippen molar-refractivity contribution in [2.45, 2.75) is 51.4 Å². The summed E-state index contributed by atoms with van der Waals surface area (Å²) in [6.07, 6.45) is 11.9. The Morgan fingerprint density at radius 3 is 2.64 bits per heavy atom. The van der Waals surface area contributed by atoms with E-state index in [1.807, 2.05) is 16.5 Å². The molecule has 1 saturated carbocycles. The molecule has 2 fully saturated rings. The average Bonchev–Trinajstić information content (AvgIpc) is 3.10. The Labute approximate surface area is 137 Å². The molecule has 0 spiro atoms. The molecule has 1 aromatic rings. The first-order chi connectivity index (χ1) is 10.8. The predicted octanol–water partition coefficient (Wildman–Crippen LogP) is 3.54. The van der Waals surface area contributed by atoms with Crippen LogP contribution in [-0.2, 0) is 4.79 Å². The highest BCUT2D eigenvalue weighted by Gasteiger charge is 2.22. The summed E-state index contributed by atoms with van der Waals surface area (Å²) in [5.74, 6) is 1.25. The maximum absolute atomic E-state index is 12.3. The van der Waals surface area contributed by atoms with Crippen molar-refractivity contribution in [3.8, 4) is 0 Å². The Morgan fingerprint density at radius 1 is 1.18 bits per heavy atom. The fourth-order valence-corrected chi connectivity index (χ4v) is 4.39. The minimum absolute atomic E-state index is 0.356. The van der Waals surface area contributed by atoms with Gasteiger partial charge in [0, 0.05) is 44.2 Å². The summed E-state index contributed by atoms with van der Waals surface area (Å²) >= 11 is 1.68. The molecule has 2 heterocycles. The Morgan fingerprint density at radius 2 is 1.95 bits per heavy atom. The quantitative estimate of drug-likeness (QED) is 0.832. The van der Waals surface area contributed by atoms with Crippen LogP contribution in [0.15, 0.2) is 11.6 Å². The molecule has 22 heavy (non-hydrogen) atoms. The fourth-order valence-electron chi connectivity index (χ4n) is 3.70. The predicted molar refractivity (Wildman–Crippen MR) is 91.3 cm³/mol. The summed E-state index contributed by atoms with van der Waals surface area (Å²) < 4.78 is 0. The topological polar surface area (TPSA) is 36.4 Å². The summed E-state index contributed by atoms with van der Waals surface area (Å²) in [5, 5.41) is 3.10. The minimum Gasteiger partial charge on any atom is -0.345 e. The van der Waals surface area contributed by atoms with Gasteiger partial charge in [-0.15, -0.1) is 11.3 Å². The van der Waals surface area contributed by atoms with Crippen molar-refractivity contribution >= 4 is 22.4 Å². The number of carbonyl (C=O) groups is 1. The van der Waals surface area contributed by atoms with E-state index in [9.17, 15) is 4.79 Å². The van der Waals surface area contributed by atoms with Crippen LogP contribution in [0.3, 0.4) is 0 Å². The maximum atomic E-state index is 12.3. The molecule has 1 amide bonds. The van der Waals surface area contributed by atoms with Gasteiger partial charge in [-0.25, -0.2) is 4.98 Å². The molecule has 1 aliphatic heterocycles. The lowest BCUT2D eigenvalue weighted by Crippen LogP contribution is -2.48. The zero-order valence-corrected chi connectivity index (χ0v) is 14.2. The molecule has 1 aliphatic carbocycles. The van der Waals surface area contributed by atoms with Crippen LogP contribution in [0.1, 0.15) is 51.4 Å². The summed E-state index contributed by atoms with van der Waals surface area (Å²) in [7, 11) is 0. The second-order valence-electron chi connectivity index (χ2n) is 6.58. The van der Waals surface area contributed by atoms with E-state index in [4.69, 9.17) is 0 Å². The van der Waals surface area contributed by atoms with E-state index in [0.717, 1.165) is 50.1 Å². The summed E-state index contributed by atoms with van der Waals surface area (Å²) in [4.78, 5) is 21.0. The number of piperazine rings is 1. The normalized spacial score (nSPS) is 20.4. The fraction of sp³-hybridized carbons (Fsp3) is 0.765. The lowest BCUT2D eigenvalue weighted by Gasteiger charge is -2.34. The van der Waals surface area contributed by atoms with Crippen LogP contribution < -0.4 is 4.90 Å². The van der Waals surface area contributed by atoms with E-state index >= 15 is 0 Å². The standard InChI is InChI=1S/C17H27N3OS/c21-16(8-4-7-15-5-2-1-3-6-15)19-10-12-20(13-11-19)17-18-9-14-22-17/h9,14-15H,1-8,10-13H2. The van der Waals surface area contributed by atoms with Gasteiger partial charge in [-0.05, 0) is 18.8 Å². The molecule has 1 aromatic heterocycles. The number of thiazole rings is 1. The molecule has 2 aliphatic rings. The number of aromatic nitrogens is 1. The Bertz CT molecular complexity index is 448. The van der Waals surface area contributed by atoms with E-state index in [-0.39, 0.29) is 0 Å². The first-order valence-corrected chi connectivity index (χ1v) is 9.63. The monoisotopic (exact) mass is 321 g/mol. The van der Waals surface area contributed by atoms with Crippen LogP contribution in [0.25, 0.3) is 0 Å². The second kappa shape index (κ2) is 7.95. The Balaban J connectivity index is 1.35. The number of nitrogens with zero attached hydrogens (tertiary/aromatic N) is 3. The van der Waals surface area contributed by atoms with Crippen molar-refractivity contribution in [1.82, 2.24) is 9.88 Å². The van der Waals surface area contributed by atoms with Gasteiger partial charge in [-0.1, -0.05) is 32.1 Å². The Kier molecular flexibility index (Phi) is 5.70.